The van der Waals surface area contributed by atoms with E-state index in [9.17, 15) is 9.18 Å². The van der Waals surface area contributed by atoms with E-state index in [0.29, 0.717) is 16.7 Å². The molecule has 1 heterocycles. The Kier molecular flexibility index (Phi) is 5.13. The van der Waals surface area contributed by atoms with Gasteiger partial charge in [0.2, 0.25) is 0 Å². The monoisotopic (exact) mass is 397 g/mol. The normalized spacial score (nSPS) is 14.2. The van der Waals surface area contributed by atoms with Gasteiger partial charge in [-0.1, -0.05) is 23.2 Å². The van der Waals surface area contributed by atoms with Crippen LogP contribution < -0.4 is 4.74 Å². The molecule has 0 unspecified atom stereocenters. The number of aromatic nitrogens is 1. The van der Waals surface area contributed by atoms with Crippen molar-refractivity contribution in [1.82, 2.24) is 4.98 Å². The number of nitrogens with zero attached hydrogens (tertiary/aromatic N) is 1. The fourth-order valence-electron chi connectivity index (χ4n) is 2.37. The van der Waals surface area contributed by atoms with Crippen LogP contribution in [0.4, 0.5) is 4.39 Å². The van der Waals surface area contributed by atoms with E-state index in [2.05, 4.69) is 4.98 Å². The highest BCUT2D eigenvalue weighted by Crippen LogP contribution is 2.43. The summed E-state index contributed by atoms with van der Waals surface area (Å²) in [5.74, 6) is -0.765. The van der Waals surface area contributed by atoms with Gasteiger partial charge in [-0.3, -0.25) is 4.98 Å². The van der Waals surface area contributed by atoms with E-state index in [1.54, 1.807) is 26.8 Å². The van der Waals surface area contributed by atoms with Crippen molar-refractivity contribution in [2.24, 2.45) is 0 Å². The van der Waals surface area contributed by atoms with Crippen molar-refractivity contribution in [2.75, 3.05) is 0 Å². The summed E-state index contributed by atoms with van der Waals surface area (Å²) in [6.45, 7) is 5.10. The molecule has 0 saturated heterocycles. The lowest BCUT2D eigenvalue weighted by Gasteiger charge is -2.20. The van der Waals surface area contributed by atoms with Gasteiger partial charge in [0.25, 0.3) is 0 Å². The molecule has 0 radical (unpaired) electrons. The molecule has 7 heteroatoms. The maximum absolute atomic E-state index is 14.3. The molecular weight excluding hydrogens is 380 g/mol. The van der Waals surface area contributed by atoms with Crippen molar-refractivity contribution in [3.63, 3.8) is 0 Å². The van der Waals surface area contributed by atoms with Gasteiger partial charge in [0.15, 0.2) is 0 Å². The summed E-state index contributed by atoms with van der Waals surface area (Å²) in [7, 11) is 0. The van der Waals surface area contributed by atoms with Crippen LogP contribution in [0.3, 0.4) is 0 Å². The first-order valence-electron chi connectivity index (χ1n) is 8.20. The van der Waals surface area contributed by atoms with E-state index in [-0.39, 0.29) is 16.3 Å². The molecule has 1 aromatic carbocycles. The van der Waals surface area contributed by atoms with Gasteiger partial charge in [0.1, 0.15) is 22.9 Å². The van der Waals surface area contributed by atoms with Crippen molar-refractivity contribution in [2.45, 2.75) is 45.1 Å². The Morgan fingerprint density at radius 3 is 2.46 bits per heavy atom. The standard InChI is InChI=1S/C19H18Cl2FNO3/c1-19(2,3)26-18(24)12-7-13(20)16(8-15(12)22)25-11-6-14(21)17(23-9-11)10-4-5-10/h6-10H,4-5H2,1-3H3. The van der Waals surface area contributed by atoms with Gasteiger partial charge in [0.05, 0.1) is 27.5 Å². The molecule has 26 heavy (non-hydrogen) atoms. The van der Waals surface area contributed by atoms with Gasteiger partial charge in [-0.25, -0.2) is 9.18 Å². The maximum atomic E-state index is 14.3. The van der Waals surface area contributed by atoms with Gasteiger partial charge < -0.3 is 9.47 Å². The van der Waals surface area contributed by atoms with E-state index in [1.807, 2.05) is 0 Å². The molecule has 1 fully saturated rings. The van der Waals surface area contributed by atoms with Crippen molar-refractivity contribution in [3.05, 3.63) is 51.5 Å². The zero-order valence-corrected chi connectivity index (χ0v) is 16.1. The van der Waals surface area contributed by atoms with E-state index in [4.69, 9.17) is 32.7 Å². The maximum Gasteiger partial charge on any atom is 0.341 e. The van der Waals surface area contributed by atoms with E-state index in [1.165, 1.54) is 12.3 Å². The molecule has 1 aliphatic carbocycles. The van der Waals surface area contributed by atoms with Gasteiger partial charge in [-0.15, -0.1) is 0 Å². The third kappa shape index (κ3) is 4.46. The molecular formula is C19H18Cl2FNO3. The molecule has 0 N–H and O–H groups in total. The number of hydrogen-bond donors (Lipinski definition) is 0. The van der Waals surface area contributed by atoms with Crippen molar-refractivity contribution in [1.29, 1.82) is 0 Å². The molecule has 0 atom stereocenters. The second-order valence-corrected chi connectivity index (χ2v) is 7.99. The first-order valence-corrected chi connectivity index (χ1v) is 8.95. The zero-order valence-electron chi connectivity index (χ0n) is 14.6. The number of benzene rings is 1. The summed E-state index contributed by atoms with van der Waals surface area (Å²) in [5.41, 5.74) is -0.147. The summed E-state index contributed by atoms with van der Waals surface area (Å²) in [4.78, 5) is 16.4. The molecule has 0 bridgehead atoms. The van der Waals surface area contributed by atoms with Crippen LogP contribution in [0.15, 0.2) is 24.4 Å². The smallest absolute Gasteiger partial charge is 0.341 e. The molecule has 3 rings (SSSR count). The average Bonchev–Trinajstić information content (AvgIpc) is 3.33. The molecule has 4 nitrogen and oxygen atoms in total. The quantitative estimate of drug-likeness (QED) is 0.580. The minimum absolute atomic E-state index is 0.0634. The Morgan fingerprint density at radius 2 is 1.88 bits per heavy atom. The van der Waals surface area contributed by atoms with Gasteiger partial charge in [-0.05, 0) is 39.7 Å². The van der Waals surface area contributed by atoms with Crippen LogP contribution in [0.25, 0.3) is 0 Å². The highest BCUT2D eigenvalue weighted by Gasteiger charge is 2.27. The zero-order chi connectivity index (χ0) is 19.1. The molecule has 0 aliphatic heterocycles. The van der Waals surface area contributed by atoms with E-state index in [0.717, 1.165) is 24.6 Å². The lowest BCUT2D eigenvalue weighted by atomic mass is 10.1. The SMILES string of the molecule is CC(C)(C)OC(=O)c1cc(Cl)c(Oc2cnc(C3CC3)c(Cl)c2)cc1F. The van der Waals surface area contributed by atoms with E-state index >= 15 is 0 Å². The fraction of sp³-hybridized carbons (Fsp3) is 0.368. The summed E-state index contributed by atoms with van der Waals surface area (Å²) in [6.07, 6.45) is 3.68. The topological polar surface area (TPSA) is 48.4 Å². The number of hydrogen-bond acceptors (Lipinski definition) is 4. The van der Waals surface area contributed by atoms with Crippen LogP contribution in [0, 0.1) is 5.82 Å². The third-order valence-electron chi connectivity index (χ3n) is 3.68. The van der Waals surface area contributed by atoms with Gasteiger partial charge in [-0.2, -0.15) is 0 Å². The number of rotatable bonds is 4. The second-order valence-electron chi connectivity index (χ2n) is 7.18. The number of carbonyl (C=O) groups is 1. The minimum atomic E-state index is -0.790. The number of ether oxygens (including phenoxy) is 2. The Morgan fingerprint density at radius 1 is 1.19 bits per heavy atom. The molecule has 1 saturated carbocycles. The summed E-state index contributed by atoms with van der Waals surface area (Å²) >= 11 is 12.4. The van der Waals surface area contributed by atoms with Crippen molar-refractivity contribution < 1.29 is 18.7 Å². The molecule has 1 aliphatic rings. The average molecular weight is 398 g/mol. The highest BCUT2D eigenvalue weighted by atomic mass is 35.5. The Labute approximate surface area is 161 Å². The molecule has 0 amide bonds. The Balaban J connectivity index is 1.82. The number of halogens is 3. The lowest BCUT2D eigenvalue weighted by Crippen LogP contribution is -2.24. The summed E-state index contributed by atoms with van der Waals surface area (Å²) in [6, 6.07) is 3.86. The van der Waals surface area contributed by atoms with Gasteiger partial charge >= 0.3 is 5.97 Å². The van der Waals surface area contributed by atoms with Crippen LogP contribution in [-0.4, -0.2) is 16.6 Å². The van der Waals surface area contributed by atoms with Crippen LogP contribution >= 0.6 is 23.2 Å². The predicted octanol–water partition coefficient (Wildman–Crippen LogP) is 6.15. The van der Waals surface area contributed by atoms with Crippen LogP contribution in [0.1, 0.15) is 55.6 Å². The third-order valence-corrected chi connectivity index (χ3v) is 4.27. The summed E-state index contributed by atoms with van der Waals surface area (Å²) in [5, 5.41) is 0.585. The van der Waals surface area contributed by atoms with Gasteiger partial charge in [0, 0.05) is 18.1 Å². The van der Waals surface area contributed by atoms with Crippen LogP contribution in [-0.2, 0) is 4.74 Å². The largest absolute Gasteiger partial charge is 0.456 e. The lowest BCUT2D eigenvalue weighted by molar-refractivity contribution is 0.00647. The van der Waals surface area contributed by atoms with E-state index < -0.39 is 17.4 Å². The molecule has 138 valence electrons. The second kappa shape index (κ2) is 7.05. The number of pyridine rings is 1. The van der Waals surface area contributed by atoms with Crippen LogP contribution in [0.2, 0.25) is 10.0 Å². The Bertz CT molecular complexity index is 861. The van der Waals surface area contributed by atoms with Crippen LogP contribution in [0.5, 0.6) is 11.5 Å². The molecule has 0 spiro atoms. The Hall–Kier alpha value is -1.85. The van der Waals surface area contributed by atoms with Crippen molar-refractivity contribution in [3.8, 4) is 11.5 Å². The number of carbonyl (C=O) groups excluding carboxylic acids is 1. The first-order chi connectivity index (χ1) is 12.1. The predicted molar refractivity (Wildman–Crippen MR) is 97.9 cm³/mol. The molecule has 1 aromatic heterocycles. The first kappa shape index (κ1) is 18.9. The summed E-state index contributed by atoms with van der Waals surface area (Å²) < 4.78 is 25.1. The van der Waals surface area contributed by atoms with Crippen molar-refractivity contribution >= 4 is 29.2 Å². The highest BCUT2D eigenvalue weighted by molar-refractivity contribution is 6.32. The minimum Gasteiger partial charge on any atom is -0.456 e. The fourth-order valence-corrected chi connectivity index (χ4v) is 2.88. The number of esters is 1. The molecule has 2 aromatic rings.